The lowest BCUT2D eigenvalue weighted by Gasteiger charge is -2.42. The van der Waals surface area contributed by atoms with Gasteiger partial charge in [-0.3, -0.25) is 14.8 Å². The van der Waals surface area contributed by atoms with Gasteiger partial charge in [0.05, 0.1) is 12.2 Å². The van der Waals surface area contributed by atoms with E-state index in [0.29, 0.717) is 18.9 Å². The van der Waals surface area contributed by atoms with Crippen molar-refractivity contribution in [2.45, 2.75) is 38.5 Å². The number of ether oxygens (including phenoxy) is 2. The van der Waals surface area contributed by atoms with Crippen LogP contribution in [-0.2, 0) is 16.1 Å². The van der Waals surface area contributed by atoms with Crippen LogP contribution in [0.25, 0.3) is 0 Å². The van der Waals surface area contributed by atoms with Crippen LogP contribution in [-0.4, -0.2) is 70.9 Å². The van der Waals surface area contributed by atoms with Gasteiger partial charge in [0.15, 0.2) is 0 Å². The van der Waals surface area contributed by atoms with E-state index in [0.717, 1.165) is 43.9 Å². The smallest absolute Gasteiger partial charge is 0.248 e. The number of benzene rings is 1. The van der Waals surface area contributed by atoms with E-state index in [-0.39, 0.29) is 30.5 Å². The summed E-state index contributed by atoms with van der Waals surface area (Å²) in [5.41, 5.74) is 2.13. The molecule has 1 aromatic heterocycles. The Labute approximate surface area is 169 Å². The van der Waals surface area contributed by atoms with Crippen LogP contribution < -0.4 is 4.74 Å². The number of aromatic nitrogens is 2. The Balaban J connectivity index is 1.26. The molecule has 0 unspecified atom stereocenters. The maximum absolute atomic E-state index is 13.0. The summed E-state index contributed by atoms with van der Waals surface area (Å²) in [5.74, 6) is 0.349. The summed E-state index contributed by atoms with van der Waals surface area (Å²) in [7, 11) is 0. The van der Waals surface area contributed by atoms with E-state index < -0.39 is 0 Å². The van der Waals surface area contributed by atoms with Gasteiger partial charge in [0.25, 0.3) is 0 Å². The van der Waals surface area contributed by atoms with Crippen molar-refractivity contribution in [2.24, 2.45) is 0 Å². The summed E-state index contributed by atoms with van der Waals surface area (Å²) in [6, 6.07) is 8.23. The molecule has 2 saturated heterocycles. The summed E-state index contributed by atoms with van der Waals surface area (Å²) < 4.78 is 24.4. The number of nitrogens with one attached hydrogen (secondary N) is 1. The molecule has 1 aromatic carbocycles. The van der Waals surface area contributed by atoms with Crippen molar-refractivity contribution in [1.82, 2.24) is 20.0 Å². The van der Waals surface area contributed by atoms with Crippen molar-refractivity contribution >= 4 is 5.91 Å². The third kappa shape index (κ3) is 5.13. The molecule has 1 atom stereocenters. The minimum absolute atomic E-state index is 0.0457. The molecule has 3 heterocycles. The topological polar surface area (TPSA) is 70.7 Å². The number of carbonyl (C=O) groups is 1. The number of hydrogen-bond acceptors (Lipinski definition) is 5. The summed E-state index contributed by atoms with van der Waals surface area (Å²) in [5, 5.41) is 7.29. The molecular weight excluding hydrogens is 375 g/mol. The summed E-state index contributed by atoms with van der Waals surface area (Å²) in [6.45, 7) is 5.68. The minimum atomic E-state index is -0.295. The van der Waals surface area contributed by atoms with Gasteiger partial charge in [0, 0.05) is 31.4 Å². The number of morpholine rings is 1. The van der Waals surface area contributed by atoms with Crippen LogP contribution in [0, 0.1) is 12.7 Å². The third-order valence-electron chi connectivity index (χ3n) is 5.56. The number of hydrogen-bond donors (Lipinski definition) is 1. The van der Waals surface area contributed by atoms with Crippen LogP contribution in [0.3, 0.4) is 0 Å². The van der Waals surface area contributed by atoms with Crippen LogP contribution in [0.1, 0.15) is 24.2 Å². The van der Waals surface area contributed by atoms with E-state index in [1.165, 1.54) is 12.1 Å². The molecule has 7 nitrogen and oxygen atoms in total. The molecule has 8 heteroatoms. The molecule has 0 spiro atoms. The number of aryl methyl sites for hydroxylation is 1. The van der Waals surface area contributed by atoms with Gasteiger partial charge in [-0.1, -0.05) is 0 Å². The first-order valence-electron chi connectivity index (χ1n) is 10.1. The lowest BCUT2D eigenvalue weighted by Crippen LogP contribution is -2.55. The van der Waals surface area contributed by atoms with Crippen molar-refractivity contribution in [3.05, 3.63) is 47.5 Å². The Morgan fingerprint density at radius 2 is 2.03 bits per heavy atom. The van der Waals surface area contributed by atoms with Crippen molar-refractivity contribution in [1.29, 1.82) is 0 Å². The highest BCUT2D eigenvalue weighted by molar-refractivity contribution is 5.78. The largest absolute Gasteiger partial charge is 0.491 e. The van der Waals surface area contributed by atoms with Crippen molar-refractivity contribution < 1.29 is 18.7 Å². The predicted octanol–water partition coefficient (Wildman–Crippen LogP) is 2.13. The van der Waals surface area contributed by atoms with Gasteiger partial charge >= 0.3 is 0 Å². The number of aromatic amines is 1. The van der Waals surface area contributed by atoms with Crippen molar-refractivity contribution in [3.8, 4) is 5.75 Å². The highest BCUT2D eigenvalue weighted by Crippen LogP contribution is 2.22. The standard InChI is InChI=1S/C21H27FN4O3/c1-15-10-17(24-23-15)11-25-8-6-18(7-9-25)26-12-20(29-14-21(26)27)13-28-19-4-2-16(22)3-5-19/h2-5,10,18,20H,6-9,11-14H2,1H3,(H,23,24)/t20-/m1/s1. The lowest BCUT2D eigenvalue weighted by molar-refractivity contribution is -0.155. The minimum Gasteiger partial charge on any atom is -0.491 e. The van der Waals surface area contributed by atoms with Crippen molar-refractivity contribution in [2.75, 3.05) is 32.8 Å². The zero-order chi connectivity index (χ0) is 20.2. The number of H-pyrrole nitrogens is 1. The van der Waals surface area contributed by atoms with E-state index in [9.17, 15) is 9.18 Å². The quantitative estimate of drug-likeness (QED) is 0.802. The van der Waals surface area contributed by atoms with Gasteiger partial charge in [-0.25, -0.2) is 4.39 Å². The molecule has 2 fully saturated rings. The van der Waals surface area contributed by atoms with E-state index >= 15 is 0 Å². The fourth-order valence-corrected chi connectivity index (χ4v) is 3.99. The average Bonchev–Trinajstić information content (AvgIpc) is 3.14. The number of nitrogens with zero attached hydrogens (tertiary/aromatic N) is 3. The second kappa shape index (κ2) is 8.92. The van der Waals surface area contributed by atoms with Gasteiger partial charge in [-0.2, -0.15) is 5.10 Å². The van der Waals surface area contributed by atoms with Crippen LogP contribution in [0.2, 0.25) is 0 Å². The molecule has 2 aliphatic rings. The zero-order valence-electron chi connectivity index (χ0n) is 16.6. The first-order chi connectivity index (χ1) is 14.1. The molecule has 0 aliphatic carbocycles. The molecule has 2 aromatic rings. The van der Waals surface area contributed by atoms with Crippen LogP contribution >= 0.6 is 0 Å². The maximum Gasteiger partial charge on any atom is 0.248 e. The lowest BCUT2D eigenvalue weighted by atomic mass is 10.0. The first kappa shape index (κ1) is 19.8. The Bertz CT molecular complexity index is 818. The molecule has 1 amide bonds. The van der Waals surface area contributed by atoms with Gasteiger partial charge in [-0.15, -0.1) is 0 Å². The maximum atomic E-state index is 13.0. The zero-order valence-corrected chi connectivity index (χ0v) is 16.6. The van der Waals surface area contributed by atoms with E-state index in [1.54, 1.807) is 12.1 Å². The summed E-state index contributed by atoms with van der Waals surface area (Å²) in [6.07, 6.45) is 1.71. The second-order valence-corrected chi connectivity index (χ2v) is 7.79. The highest BCUT2D eigenvalue weighted by atomic mass is 19.1. The average molecular weight is 402 g/mol. The number of piperidine rings is 1. The van der Waals surface area contributed by atoms with Crippen molar-refractivity contribution in [3.63, 3.8) is 0 Å². The van der Waals surface area contributed by atoms with Gasteiger partial charge < -0.3 is 14.4 Å². The SMILES string of the molecule is Cc1cc(CN2CCC(N3C[C@H](COc4ccc(F)cc4)OCC3=O)CC2)n[nH]1. The fraction of sp³-hybridized carbons (Fsp3) is 0.524. The van der Waals surface area contributed by atoms with Crippen LogP contribution in [0.5, 0.6) is 5.75 Å². The molecule has 0 saturated carbocycles. The Morgan fingerprint density at radius 1 is 1.28 bits per heavy atom. The molecule has 29 heavy (non-hydrogen) atoms. The van der Waals surface area contributed by atoms with Gasteiger partial charge in [-0.05, 0) is 50.1 Å². The summed E-state index contributed by atoms with van der Waals surface area (Å²) >= 11 is 0. The number of halogens is 1. The van der Waals surface area contributed by atoms with Crippen LogP contribution in [0.15, 0.2) is 30.3 Å². The number of carbonyl (C=O) groups excluding carboxylic acids is 1. The van der Waals surface area contributed by atoms with E-state index in [2.05, 4.69) is 21.2 Å². The van der Waals surface area contributed by atoms with E-state index in [1.807, 2.05) is 11.8 Å². The fourth-order valence-electron chi connectivity index (χ4n) is 3.99. The van der Waals surface area contributed by atoms with Gasteiger partial charge in [0.2, 0.25) is 5.91 Å². The Kier molecular flexibility index (Phi) is 6.10. The molecular formula is C21H27FN4O3. The van der Waals surface area contributed by atoms with E-state index in [4.69, 9.17) is 9.47 Å². The highest BCUT2D eigenvalue weighted by Gasteiger charge is 2.33. The molecule has 4 rings (SSSR count). The van der Waals surface area contributed by atoms with Crippen LogP contribution in [0.4, 0.5) is 4.39 Å². The molecule has 156 valence electrons. The molecule has 0 radical (unpaired) electrons. The number of likely N-dealkylation sites (tertiary alicyclic amines) is 1. The van der Waals surface area contributed by atoms with Gasteiger partial charge in [0.1, 0.15) is 30.9 Å². The Morgan fingerprint density at radius 3 is 2.72 bits per heavy atom. The second-order valence-electron chi connectivity index (χ2n) is 7.79. The Hall–Kier alpha value is -2.45. The normalized spacial score (nSPS) is 21.5. The summed E-state index contributed by atoms with van der Waals surface area (Å²) in [4.78, 5) is 16.8. The molecule has 0 bridgehead atoms. The first-order valence-corrected chi connectivity index (χ1v) is 10.1. The third-order valence-corrected chi connectivity index (χ3v) is 5.56. The number of rotatable bonds is 6. The monoisotopic (exact) mass is 402 g/mol. The number of amides is 1. The molecule has 1 N–H and O–H groups in total. The predicted molar refractivity (Wildman–Crippen MR) is 105 cm³/mol. The molecule has 2 aliphatic heterocycles.